The summed E-state index contributed by atoms with van der Waals surface area (Å²) in [4.78, 5) is 30.6. The van der Waals surface area contributed by atoms with E-state index in [0.717, 1.165) is 17.5 Å². The van der Waals surface area contributed by atoms with E-state index in [4.69, 9.17) is 23.2 Å². The fourth-order valence-corrected chi connectivity index (χ4v) is 4.26. The number of tetrazole rings is 1. The quantitative estimate of drug-likeness (QED) is 0.337. The van der Waals surface area contributed by atoms with Crippen LogP contribution in [0.3, 0.4) is 0 Å². The topological polar surface area (TPSA) is 133 Å². The summed E-state index contributed by atoms with van der Waals surface area (Å²) in [5.41, 5.74) is 0.784. The third-order valence-corrected chi connectivity index (χ3v) is 6.24. The van der Waals surface area contributed by atoms with Crippen LogP contribution < -0.4 is 10.6 Å². The lowest BCUT2D eigenvalue weighted by atomic mass is 10.1. The molecule has 1 aliphatic rings. The Kier molecular flexibility index (Phi) is 6.99. The van der Waals surface area contributed by atoms with Gasteiger partial charge in [-0.15, -0.1) is 5.10 Å². The number of benzene rings is 1. The van der Waals surface area contributed by atoms with Crippen LogP contribution in [-0.4, -0.2) is 52.8 Å². The second-order valence-corrected chi connectivity index (χ2v) is 9.59. The van der Waals surface area contributed by atoms with Gasteiger partial charge in [0.15, 0.2) is 5.82 Å². The summed E-state index contributed by atoms with van der Waals surface area (Å²) in [6, 6.07) is 7.42. The molecular weight excluding hydrogens is 562 g/mol. The number of nitrogens with zero attached hydrogens (tertiary/aromatic N) is 7. The van der Waals surface area contributed by atoms with Gasteiger partial charge in [0.05, 0.1) is 28.5 Å². The lowest BCUT2D eigenvalue weighted by Crippen LogP contribution is -2.27. The van der Waals surface area contributed by atoms with Crippen LogP contribution in [0.1, 0.15) is 50.8 Å². The highest BCUT2D eigenvalue weighted by Crippen LogP contribution is 2.30. The predicted molar refractivity (Wildman–Crippen MR) is 133 cm³/mol. The normalized spacial score (nSPS) is 13.4. The Morgan fingerprint density at radius 3 is 2.62 bits per heavy atom. The summed E-state index contributed by atoms with van der Waals surface area (Å²) in [6.07, 6.45) is -1.68. The lowest BCUT2D eigenvalue weighted by Gasteiger charge is -2.15. The number of aryl methyl sites for hydroxylation is 1. The van der Waals surface area contributed by atoms with Crippen molar-refractivity contribution < 1.29 is 22.8 Å². The average molecular weight is 580 g/mol. The standard InChI is InChI=1S/C23H18Cl2F3N9O2/c1-11-7-12(24)8-15(20(38)30-13-4-5-13)18(11)31-21(39)17-9-14(10-36-22(23(26,27)28)32-34-35-36)33-37(17)19-16(25)3-2-6-29-19/h2-3,6-9,13H,4-5,10H2,1H3,(H,30,38)(H,31,39). The third-order valence-electron chi connectivity index (χ3n) is 5.73. The van der Waals surface area contributed by atoms with Gasteiger partial charge in [-0.05, 0) is 66.1 Å². The molecule has 1 aromatic carbocycles. The van der Waals surface area contributed by atoms with Gasteiger partial charge in [-0.1, -0.05) is 23.2 Å². The number of pyridine rings is 1. The van der Waals surface area contributed by atoms with E-state index < -0.39 is 30.4 Å². The molecule has 0 saturated heterocycles. The Hall–Kier alpha value is -4.04. The predicted octanol–water partition coefficient (Wildman–Crippen LogP) is 4.08. The minimum atomic E-state index is -4.81. The molecule has 11 nitrogen and oxygen atoms in total. The number of rotatable bonds is 7. The zero-order chi connectivity index (χ0) is 27.9. The smallest absolute Gasteiger partial charge is 0.349 e. The van der Waals surface area contributed by atoms with Crippen LogP contribution in [0.5, 0.6) is 0 Å². The number of hydrogen-bond acceptors (Lipinski definition) is 7. The van der Waals surface area contributed by atoms with Crippen molar-refractivity contribution >= 4 is 40.7 Å². The van der Waals surface area contributed by atoms with E-state index in [1.807, 2.05) is 0 Å². The Morgan fingerprint density at radius 1 is 1.15 bits per heavy atom. The molecule has 0 bridgehead atoms. The van der Waals surface area contributed by atoms with Gasteiger partial charge >= 0.3 is 6.18 Å². The first kappa shape index (κ1) is 26.6. The monoisotopic (exact) mass is 579 g/mol. The van der Waals surface area contributed by atoms with Gasteiger partial charge in [-0.2, -0.15) is 18.3 Å². The highest BCUT2D eigenvalue weighted by Gasteiger charge is 2.38. The lowest BCUT2D eigenvalue weighted by molar-refractivity contribution is -0.147. The molecule has 5 rings (SSSR count). The van der Waals surface area contributed by atoms with Crippen molar-refractivity contribution in [1.82, 2.24) is 40.3 Å². The summed E-state index contributed by atoms with van der Waals surface area (Å²) >= 11 is 12.5. The molecule has 2 N–H and O–H groups in total. The van der Waals surface area contributed by atoms with E-state index in [0.29, 0.717) is 15.3 Å². The summed E-state index contributed by atoms with van der Waals surface area (Å²) in [5.74, 6) is -2.40. The number of amides is 2. The molecule has 1 saturated carbocycles. The SMILES string of the molecule is Cc1cc(Cl)cc(C(=O)NC2CC2)c1NC(=O)c1cc(Cn2nnnc2C(F)(F)F)nn1-c1ncccc1Cl. The Bertz CT molecular complexity index is 1580. The molecule has 1 aliphatic carbocycles. The van der Waals surface area contributed by atoms with Crippen molar-refractivity contribution in [1.29, 1.82) is 0 Å². The fraction of sp³-hybridized carbons (Fsp3) is 0.261. The minimum Gasteiger partial charge on any atom is -0.349 e. The van der Waals surface area contributed by atoms with Gasteiger partial charge < -0.3 is 10.6 Å². The number of carbonyl (C=O) groups excluding carboxylic acids is 2. The summed E-state index contributed by atoms with van der Waals surface area (Å²) in [5, 5.41) is 19.8. The van der Waals surface area contributed by atoms with Gasteiger partial charge in [0, 0.05) is 17.3 Å². The number of nitrogens with one attached hydrogen (secondary N) is 2. The van der Waals surface area contributed by atoms with Crippen molar-refractivity contribution in [3.8, 4) is 5.82 Å². The maximum absolute atomic E-state index is 13.6. The van der Waals surface area contributed by atoms with Crippen LogP contribution in [0.15, 0.2) is 36.5 Å². The van der Waals surface area contributed by atoms with Crippen LogP contribution in [0.2, 0.25) is 10.0 Å². The maximum atomic E-state index is 13.6. The highest BCUT2D eigenvalue weighted by molar-refractivity contribution is 6.32. The molecule has 0 spiro atoms. The Labute approximate surface area is 228 Å². The minimum absolute atomic E-state index is 0.0131. The molecule has 0 unspecified atom stereocenters. The molecule has 3 heterocycles. The Balaban J connectivity index is 1.53. The van der Waals surface area contributed by atoms with Crippen LogP contribution in [0.4, 0.5) is 18.9 Å². The fourth-order valence-electron chi connectivity index (χ4n) is 3.79. The van der Waals surface area contributed by atoms with Crippen molar-refractivity contribution in [2.24, 2.45) is 0 Å². The first-order valence-electron chi connectivity index (χ1n) is 11.5. The van der Waals surface area contributed by atoms with E-state index in [1.165, 1.54) is 24.4 Å². The van der Waals surface area contributed by atoms with Crippen LogP contribution >= 0.6 is 23.2 Å². The van der Waals surface area contributed by atoms with E-state index >= 15 is 0 Å². The van der Waals surface area contributed by atoms with Crippen LogP contribution in [-0.2, 0) is 12.7 Å². The summed E-state index contributed by atoms with van der Waals surface area (Å²) in [6.45, 7) is 1.17. The van der Waals surface area contributed by atoms with Gasteiger partial charge in [0.1, 0.15) is 5.69 Å². The number of alkyl halides is 3. The number of aromatic nitrogens is 7. The van der Waals surface area contributed by atoms with Gasteiger partial charge in [-0.25, -0.2) is 14.3 Å². The summed E-state index contributed by atoms with van der Waals surface area (Å²) in [7, 11) is 0. The van der Waals surface area contributed by atoms with Crippen molar-refractivity contribution in [2.45, 2.75) is 38.5 Å². The Morgan fingerprint density at radius 2 is 1.92 bits per heavy atom. The highest BCUT2D eigenvalue weighted by atomic mass is 35.5. The molecule has 2 amide bonds. The molecule has 16 heteroatoms. The van der Waals surface area contributed by atoms with E-state index in [1.54, 1.807) is 19.1 Å². The van der Waals surface area contributed by atoms with Crippen molar-refractivity contribution in [2.75, 3.05) is 5.32 Å². The second-order valence-electron chi connectivity index (χ2n) is 8.75. The molecule has 202 valence electrons. The molecule has 1 fully saturated rings. The summed E-state index contributed by atoms with van der Waals surface area (Å²) < 4.78 is 41.5. The van der Waals surface area contributed by atoms with Crippen LogP contribution in [0.25, 0.3) is 5.82 Å². The van der Waals surface area contributed by atoms with Crippen LogP contribution in [0, 0.1) is 6.92 Å². The van der Waals surface area contributed by atoms with E-state index in [2.05, 4.69) is 36.2 Å². The molecular formula is C23H18Cl2F3N9O2. The zero-order valence-corrected chi connectivity index (χ0v) is 21.5. The zero-order valence-electron chi connectivity index (χ0n) is 20.0. The molecule has 0 radical (unpaired) electrons. The largest absolute Gasteiger partial charge is 0.453 e. The number of carbonyl (C=O) groups is 2. The van der Waals surface area contributed by atoms with Gasteiger partial charge in [0.25, 0.3) is 17.6 Å². The molecule has 4 aromatic rings. The van der Waals surface area contributed by atoms with Crippen molar-refractivity contribution in [3.05, 3.63) is 74.9 Å². The number of hydrogen-bond donors (Lipinski definition) is 2. The molecule has 0 atom stereocenters. The maximum Gasteiger partial charge on any atom is 0.453 e. The average Bonchev–Trinajstić information content (AvgIpc) is 3.37. The van der Waals surface area contributed by atoms with E-state index in [9.17, 15) is 22.8 Å². The number of anilines is 1. The third kappa shape index (κ3) is 5.71. The van der Waals surface area contributed by atoms with Gasteiger partial charge in [0.2, 0.25) is 0 Å². The molecule has 3 aromatic heterocycles. The van der Waals surface area contributed by atoms with E-state index in [-0.39, 0.29) is 39.5 Å². The first-order chi connectivity index (χ1) is 18.5. The molecule has 0 aliphatic heterocycles. The first-order valence-corrected chi connectivity index (χ1v) is 12.2. The van der Waals surface area contributed by atoms with Gasteiger partial charge in [-0.3, -0.25) is 9.59 Å². The van der Waals surface area contributed by atoms with Crippen molar-refractivity contribution in [3.63, 3.8) is 0 Å². The number of halogens is 5. The second kappa shape index (κ2) is 10.3. The molecule has 39 heavy (non-hydrogen) atoms.